The minimum Gasteiger partial charge on any atom is -0.444 e. The van der Waals surface area contributed by atoms with Gasteiger partial charge in [-0.2, -0.15) is 0 Å². The van der Waals surface area contributed by atoms with Crippen LogP contribution in [0.2, 0.25) is 0 Å². The van der Waals surface area contributed by atoms with Gasteiger partial charge in [0.1, 0.15) is 5.60 Å². The van der Waals surface area contributed by atoms with E-state index in [9.17, 15) is 4.79 Å². The Balaban J connectivity index is 0.00000196. The molecule has 1 rings (SSSR count). The number of carbonyl (C=O) groups is 1. The Labute approximate surface area is 97.5 Å². The number of amides is 1. The first-order chi connectivity index (χ1) is 6.47. The summed E-state index contributed by atoms with van der Waals surface area (Å²) in [5, 5.41) is 6.06. The Bertz CT molecular complexity index is 198. The zero-order valence-corrected chi connectivity index (χ0v) is 10.4. The summed E-state index contributed by atoms with van der Waals surface area (Å²) in [7, 11) is 0. The molecule has 1 aliphatic rings. The summed E-state index contributed by atoms with van der Waals surface area (Å²) in [5.74, 6) is 0. The molecule has 1 fully saturated rings. The molecule has 0 aliphatic carbocycles. The second-order valence-electron chi connectivity index (χ2n) is 4.68. The van der Waals surface area contributed by atoms with Crippen molar-refractivity contribution in [2.24, 2.45) is 0 Å². The van der Waals surface area contributed by atoms with Crippen LogP contribution in [0.3, 0.4) is 0 Å². The zero-order chi connectivity index (χ0) is 10.6. The number of carbonyl (C=O) groups excluding carboxylic acids is 1. The highest BCUT2D eigenvalue weighted by atomic mass is 35.5. The lowest BCUT2D eigenvalue weighted by Gasteiger charge is -2.20. The standard InChI is InChI=1S/C10H20N2O2.ClH/c1-10(2,3)14-9(13)12-7-8-5-4-6-11-8;/h8,11H,4-7H2,1-3H3,(H,12,13);1H/t8-;/m1./s1. The van der Waals surface area contributed by atoms with Gasteiger partial charge in [-0.05, 0) is 40.2 Å². The molecule has 15 heavy (non-hydrogen) atoms. The molecular weight excluding hydrogens is 216 g/mol. The molecule has 0 unspecified atom stereocenters. The van der Waals surface area contributed by atoms with Crippen LogP contribution in [-0.4, -0.2) is 30.8 Å². The first-order valence-corrected chi connectivity index (χ1v) is 5.17. The third kappa shape index (κ3) is 6.57. The van der Waals surface area contributed by atoms with Gasteiger partial charge in [-0.25, -0.2) is 4.79 Å². The van der Waals surface area contributed by atoms with Gasteiger partial charge in [0.25, 0.3) is 0 Å². The maximum atomic E-state index is 11.3. The molecule has 0 spiro atoms. The molecule has 0 saturated carbocycles. The summed E-state index contributed by atoms with van der Waals surface area (Å²) in [6.07, 6.45) is 2.00. The van der Waals surface area contributed by atoms with Crippen molar-refractivity contribution in [1.82, 2.24) is 10.6 Å². The van der Waals surface area contributed by atoms with E-state index in [4.69, 9.17) is 4.74 Å². The van der Waals surface area contributed by atoms with E-state index in [1.165, 1.54) is 6.42 Å². The van der Waals surface area contributed by atoms with Crippen LogP contribution < -0.4 is 10.6 Å². The van der Waals surface area contributed by atoms with Gasteiger partial charge in [0.15, 0.2) is 0 Å². The quantitative estimate of drug-likeness (QED) is 0.767. The molecule has 0 bridgehead atoms. The molecule has 4 nitrogen and oxygen atoms in total. The summed E-state index contributed by atoms with van der Waals surface area (Å²) < 4.78 is 5.12. The Morgan fingerprint density at radius 1 is 1.53 bits per heavy atom. The average molecular weight is 237 g/mol. The second-order valence-corrected chi connectivity index (χ2v) is 4.68. The zero-order valence-electron chi connectivity index (χ0n) is 9.63. The molecular formula is C10H21ClN2O2. The minimum absolute atomic E-state index is 0. The van der Waals surface area contributed by atoms with E-state index in [0.717, 1.165) is 13.0 Å². The van der Waals surface area contributed by atoms with Crippen LogP contribution in [0.5, 0.6) is 0 Å². The van der Waals surface area contributed by atoms with Crippen LogP contribution in [-0.2, 0) is 4.74 Å². The predicted octanol–water partition coefficient (Wildman–Crippen LogP) is 1.68. The Morgan fingerprint density at radius 3 is 2.67 bits per heavy atom. The van der Waals surface area contributed by atoms with Gasteiger partial charge in [-0.15, -0.1) is 12.4 Å². The van der Waals surface area contributed by atoms with Crippen LogP contribution in [0.25, 0.3) is 0 Å². The molecule has 1 amide bonds. The number of hydrogen-bond donors (Lipinski definition) is 2. The van der Waals surface area contributed by atoms with Crippen LogP contribution in [0.15, 0.2) is 0 Å². The Hall–Kier alpha value is -0.480. The van der Waals surface area contributed by atoms with Crippen molar-refractivity contribution in [3.8, 4) is 0 Å². The van der Waals surface area contributed by atoms with Crippen molar-refractivity contribution in [1.29, 1.82) is 0 Å². The Kier molecular flexibility index (Phi) is 5.98. The molecule has 90 valence electrons. The van der Waals surface area contributed by atoms with Crippen molar-refractivity contribution in [3.63, 3.8) is 0 Å². The maximum Gasteiger partial charge on any atom is 0.407 e. The van der Waals surface area contributed by atoms with Crippen LogP contribution >= 0.6 is 12.4 Å². The van der Waals surface area contributed by atoms with E-state index in [2.05, 4.69) is 10.6 Å². The number of nitrogens with one attached hydrogen (secondary N) is 2. The van der Waals surface area contributed by atoms with Gasteiger partial charge in [-0.1, -0.05) is 0 Å². The van der Waals surface area contributed by atoms with Crippen LogP contribution in [0.1, 0.15) is 33.6 Å². The molecule has 0 radical (unpaired) electrons. The van der Waals surface area contributed by atoms with E-state index in [-0.39, 0.29) is 18.5 Å². The lowest BCUT2D eigenvalue weighted by Crippen LogP contribution is -2.39. The molecule has 0 aromatic carbocycles. The van der Waals surface area contributed by atoms with Crippen molar-refractivity contribution in [2.45, 2.75) is 45.3 Å². The van der Waals surface area contributed by atoms with Crippen molar-refractivity contribution in [2.75, 3.05) is 13.1 Å². The van der Waals surface area contributed by atoms with E-state index < -0.39 is 5.60 Å². The highest BCUT2D eigenvalue weighted by Crippen LogP contribution is 2.07. The van der Waals surface area contributed by atoms with E-state index in [1.54, 1.807) is 0 Å². The normalized spacial score (nSPS) is 20.6. The third-order valence-corrected chi connectivity index (χ3v) is 2.05. The summed E-state index contributed by atoms with van der Waals surface area (Å²) in [6.45, 7) is 7.30. The van der Waals surface area contributed by atoms with Gasteiger partial charge < -0.3 is 15.4 Å². The van der Waals surface area contributed by atoms with Crippen molar-refractivity contribution in [3.05, 3.63) is 0 Å². The lowest BCUT2D eigenvalue weighted by atomic mass is 10.2. The monoisotopic (exact) mass is 236 g/mol. The van der Waals surface area contributed by atoms with Gasteiger partial charge in [0.2, 0.25) is 0 Å². The van der Waals surface area contributed by atoms with Gasteiger partial charge in [0, 0.05) is 12.6 Å². The predicted molar refractivity (Wildman–Crippen MR) is 62.5 cm³/mol. The summed E-state index contributed by atoms with van der Waals surface area (Å²) in [4.78, 5) is 11.3. The lowest BCUT2D eigenvalue weighted by molar-refractivity contribution is 0.0523. The maximum absolute atomic E-state index is 11.3. The highest BCUT2D eigenvalue weighted by molar-refractivity contribution is 5.85. The number of rotatable bonds is 2. The molecule has 0 aromatic heterocycles. The highest BCUT2D eigenvalue weighted by Gasteiger charge is 2.18. The molecule has 1 heterocycles. The second kappa shape index (κ2) is 6.18. The number of halogens is 1. The van der Waals surface area contributed by atoms with Crippen molar-refractivity contribution >= 4 is 18.5 Å². The largest absolute Gasteiger partial charge is 0.444 e. The van der Waals surface area contributed by atoms with Gasteiger partial charge >= 0.3 is 6.09 Å². The summed E-state index contributed by atoms with van der Waals surface area (Å²) >= 11 is 0. The first kappa shape index (κ1) is 14.5. The fourth-order valence-corrected chi connectivity index (χ4v) is 1.45. The molecule has 2 N–H and O–H groups in total. The van der Waals surface area contributed by atoms with E-state index >= 15 is 0 Å². The topological polar surface area (TPSA) is 50.4 Å². The van der Waals surface area contributed by atoms with Gasteiger partial charge in [0.05, 0.1) is 0 Å². The van der Waals surface area contributed by atoms with Crippen LogP contribution in [0.4, 0.5) is 4.79 Å². The van der Waals surface area contributed by atoms with E-state index in [0.29, 0.717) is 12.6 Å². The van der Waals surface area contributed by atoms with Gasteiger partial charge in [-0.3, -0.25) is 0 Å². The SMILES string of the molecule is CC(C)(C)OC(=O)NC[C@H]1CCCN1.Cl. The third-order valence-electron chi connectivity index (χ3n) is 2.05. The van der Waals surface area contributed by atoms with E-state index in [1.807, 2.05) is 20.8 Å². The number of alkyl carbamates (subject to hydrolysis) is 1. The first-order valence-electron chi connectivity index (χ1n) is 5.17. The van der Waals surface area contributed by atoms with Crippen molar-refractivity contribution < 1.29 is 9.53 Å². The Morgan fingerprint density at radius 2 is 2.20 bits per heavy atom. The molecule has 0 aromatic rings. The number of ether oxygens (including phenoxy) is 1. The summed E-state index contributed by atoms with van der Waals surface area (Å²) in [5.41, 5.74) is -0.410. The molecule has 5 heteroatoms. The molecule has 1 aliphatic heterocycles. The fourth-order valence-electron chi connectivity index (χ4n) is 1.45. The van der Waals surface area contributed by atoms with Crippen LogP contribution in [0, 0.1) is 0 Å². The smallest absolute Gasteiger partial charge is 0.407 e. The number of hydrogen-bond acceptors (Lipinski definition) is 3. The average Bonchev–Trinajstić information content (AvgIpc) is 2.49. The molecule has 1 saturated heterocycles. The minimum atomic E-state index is -0.410. The molecule has 1 atom stereocenters. The summed E-state index contributed by atoms with van der Waals surface area (Å²) in [6, 6.07) is 0.419. The fraction of sp³-hybridized carbons (Fsp3) is 0.900.